The lowest BCUT2D eigenvalue weighted by Gasteiger charge is -2.14. The number of hydrogen-bond acceptors (Lipinski definition) is 4. The molecule has 28 heavy (non-hydrogen) atoms. The Morgan fingerprint density at radius 1 is 0.750 bits per heavy atom. The highest BCUT2D eigenvalue weighted by atomic mass is 16.3. The number of hydrogen-bond donors (Lipinski definition) is 0. The molecule has 4 aromatic rings. The predicted octanol–water partition coefficient (Wildman–Crippen LogP) is 4.46. The molecular weight excluding hydrogens is 354 g/mol. The highest BCUT2D eigenvalue weighted by Gasteiger charge is 2.36. The van der Waals surface area contributed by atoms with Gasteiger partial charge in [-0.1, -0.05) is 30.3 Å². The minimum Gasteiger partial charge on any atom is -0.453 e. The number of fused-ring (bicyclic) bond motifs is 2. The second kappa shape index (κ2) is 6.03. The van der Waals surface area contributed by atoms with E-state index in [1.807, 2.05) is 18.2 Å². The van der Waals surface area contributed by atoms with Gasteiger partial charge in [0.15, 0.2) is 5.76 Å². The average molecular weight is 367 g/mol. The monoisotopic (exact) mass is 367 g/mol. The van der Waals surface area contributed by atoms with Crippen molar-refractivity contribution in [3.05, 3.63) is 101 Å². The summed E-state index contributed by atoms with van der Waals surface area (Å²) in [4.78, 5) is 39.0. The van der Waals surface area contributed by atoms with Crippen LogP contribution < -0.4 is 4.90 Å². The summed E-state index contributed by atoms with van der Waals surface area (Å²) in [6.07, 6.45) is 0. The molecule has 0 saturated carbocycles. The number of nitrogens with zero attached hydrogens (tertiary/aromatic N) is 1. The van der Waals surface area contributed by atoms with Crippen molar-refractivity contribution in [1.82, 2.24) is 0 Å². The number of carbonyl (C=O) groups excluding carboxylic acids is 3. The van der Waals surface area contributed by atoms with E-state index in [-0.39, 0.29) is 23.4 Å². The van der Waals surface area contributed by atoms with Crippen molar-refractivity contribution in [2.24, 2.45) is 0 Å². The average Bonchev–Trinajstić information content (AvgIpc) is 3.28. The fraction of sp³-hybridized carbons (Fsp3) is 0. The third-order valence-corrected chi connectivity index (χ3v) is 4.83. The lowest BCUT2D eigenvalue weighted by Crippen LogP contribution is -2.29. The van der Waals surface area contributed by atoms with E-state index in [1.165, 1.54) is 0 Å². The fourth-order valence-corrected chi connectivity index (χ4v) is 3.42. The zero-order valence-corrected chi connectivity index (χ0v) is 14.6. The van der Waals surface area contributed by atoms with Gasteiger partial charge >= 0.3 is 0 Å². The summed E-state index contributed by atoms with van der Waals surface area (Å²) in [5.74, 6) is -0.742. The van der Waals surface area contributed by atoms with E-state index in [0.717, 1.165) is 10.3 Å². The van der Waals surface area contributed by atoms with Gasteiger partial charge in [0.05, 0.1) is 16.8 Å². The minimum atomic E-state index is -0.364. The molecule has 0 spiro atoms. The topological polar surface area (TPSA) is 67.6 Å². The lowest BCUT2D eigenvalue weighted by atomic mass is 10.1. The number of imide groups is 1. The van der Waals surface area contributed by atoms with E-state index >= 15 is 0 Å². The summed E-state index contributed by atoms with van der Waals surface area (Å²) in [6, 6.07) is 22.2. The number of ketones is 1. The van der Waals surface area contributed by atoms with Crippen LogP contribution in [0.25, 0.3) is 11.0 Å². The van der Waals surface area contributed by atoms with Crippen LogP contribution in [0.2, 0.25) is 0 Å². The van der Waals surface area contributed by atoms with Crippen LogP contribution in [0.3, 0.4) is 0 Å². The standard InChI is InChI=1S/C23H13NO4/c25-21(20-13-15-5-1-4-8-19(15)28-20)14-9-11-16(12-10-14)24-22(26)17-6-2-3-7-18(17)23(24)27/h1-13H. The van der Waals surface area contributed by atoms with Gasteiger partial charge in [0.1, 0.15) is 5.58 Å². The molecule has 0 N–H and O–H groups in total. The highest BCUT2D eigenvalue weighted by molar-refractivity contribution is 6.34. The molecule has 1 aliphatic heterocycles. The fourth-order valence-electron chi connectivity index (χ4n) is 3.42. The Labute approximate surface area is 159 Å². The SMILES string of the molecule is O=C(c1ccc(N2C(=O)c3ccccc3C2=O)cc1)c1cc2ccccc2o1. The number of anilines is 1. The maximum atomic E-state index is 12.7. The third kappa shape index (κ3) is 2.37. The van der Waals surface area contributed by atoms with Crippen LogP contribution in [0.5, 0.6) is 0 Å². The van der Waals surface area contributed by atoms with Gasteiger partial charge in [0.2, 0.25) is 5.78 Å². The van der Waals surface area contributed by atoms with Crippen molar-refractivity contribution in [1.29, 1.82) is 0 Å². The van der Waals surface area contributed by atoms with Gasteiger partial charge in [-0.15, -0.1) is 0 Å². The molecule has 5 rings (SSSR count). The van der Waals surface area contributed by atoms with E-state index < -0.39 is 0 Å². The molecule has 0 radical (unpaired) electrons. The van der Waals surface area contributed by atoms with Crippen LogP contribution >= 0.6 is 0 Å². The maximum absolute atomic E-state index is 12.7. The summed E-state index contributed by atoms with van der Waals surface area (Å²) >= 11 is 0. The second-order valence-electron chi connectivity index (χ2n) is 6.52. The molecule has 0 bridgehead atoms. The summed E-state index contributed by atoms with van der Waals surface area (Å²) in [6.45, 7) is 0. The molecule has 0 fully saturated rings. The first-order valence-electron chi connectivity index (χ1n) is 8.74. The van der Waals surface area contributed by atoms with Gasteiger partial charge in [-0.05, 0) is 48.5 Å². The summed E-state index contributed by atoms with van der Waals surface area (Å²) in [7, 11) is 0. The van der Waals surface area contributed by atoms with Gasteiger partial charge in [0, 0.05) is 10.9 Å². The van der Waals surface area contributed by atoms with Crippen LogP contribution in [-0.2, 0) is 0 Å². The number of furan rings is 1. The molecule has 0 saturated heterocycles. The minimum absolute atomic E-state index is 0.245. The number of benzene rings is 3. The first-order valence-corrected chi connectivity index (χ1v) is 8.74. The number of rotatable bonds is 3. The molecular formula is C23H13NO4. The largest absolute Gasteiger partial charge is 0.453 e. The number of carbonyl (C=O) groups is 3. The van der Waals surface area contributed by atoms with Gasteiger partial charge in [-0.3, -0.25) is 14.4 Å². The van der Waals surface area contributed by atoms with Crippen LogP contribution in [0.4, 0.5) is 5.69 Å². The third-order valence-electron chi connectivity index (χ3n) is 4.83. The zero-order valence-electron chi connectivity index (χ0n) is 14.6. The van der Waals surface area contributed by atoms with Gasteiger partial charge < -0.3 is 4.42 Å². The molecule has 0 aliphatic carbocycles. The smallest absolute Gasteiger partial charge is 0.266 e. The molecule has 2 heterocycles. The van der Waals surface area contributed by atoms with Gasteiger partial charge in [0.25, 0.3) is 11.8 Å². The normalized spacial score (nSPS) is 13.2. The Morgan fingerprint density at radius 3 is 2.00 bits per heavy atom. The van der Waals surface area contributed by atoms with Crippen molar-refractivity contribution >= 4 is 34.3 Å². The Balaban J connectivity index is 1.45. The molecule has 5 heteroatoms. The molecule has 0 atom stereocenters. The maximum Gasteiger partial charge on any atom is 0.266 e. The molecule has 1 aliphatic rings. The van der Waals surface area contributed by atoms with Gasteiger partial charge in [-0.2, -0.15) is 0 Å². The van der Waals surface area contributed by atoms with Crippen molar-refractivity contribution in [2.75, 3.05) is 4.90 Å². The van der Waals surface area contributed by atoms with E-state index in [1.54, 1.807) is 60.7 Å². The quantitative estimate of drug-likeness (QED) is 0.396. The van der Waals surface area contributed by atoms with Crippen LogP contribution in [0.15, 0.2) is 83.3 Å². The van der Waals surface area contributed by atoms with Crippen molar-refractivity contribution in [2.45, 2.75) is 0 Å². The molecule has 3 aromatic carbocycles. The van der Waals surface area contributed by atoms with Crippen LogP contribution in [-0.4, -0.2) is 17.6 Å². The van der Waals surface area contributed by atoms with Crippen molar-refractivity contribution < 1.29 is 18.8 Å². The number of para-hydroxylation sites is 1. The summed E-state index contributed by atoms with van der Waals surface area (Å²) < 4.78 is 5.62. The zero-order chi connectivity index (χ0) is 19.3. The van der Waals surface area contributed by atoms with Crippen LogP contribution in [0, 0.1) is 0 Å². The van der Waals surface area contributed by atoms with Crippen molar-refractivity contribution in [3.8, 4) is 0 Å². The Hall–Kier alpha value is -3.99. The molecule has 5 nitrogen and oxygen atoms in total. The van der Waals surface area contributed by atoms with E-state index in [0.29, 0.717) is 28.0 Å². The predicted molar refractivity (Wildman–Crippen MR) is 104 cm³/mol. The summed E-state index contributed by atoms with van der Waals surface area (Å²) in [5, 5.41) is 0.855. The second-order valence-corrected chi connectivity index (χ2v) is 6.52. The van der Waals surface area contributed by atoms with E-state index in [2.05, 4.69) is 0 Å². The van der Waals surface area contributed by atoms with Crippen molar-refractivity contribution in [3.63, 3.8) is 0 Å². The number of amides is 2. The van der Waals surface area contributed by atoms with Gasteiger partial charge in [-0.25, -0.2) is 4.90 Å². The highest BCUT2D eigenvalue weighted by Crippen LogP contribution is 2.29. The lowest BCUT2D eigenvalue weighted by molar-refractivity contribution is 0.0925. The molecule has 134 valence electrons. The first kappa shape index (κ1) is 16.2. The Morgan fingerprint density at radius 2 is 1.36 bits per heavy atom. The Kier molecular flexibility index (Phi) is 3.49. The molecule has 1 aromatic heterocycles. The molecule has 0 unspecified atom stereocenters. The van der Waals surface area contributed by atoms with E-state index in [4.69, 9.17) is 4.42 Å². The first-order chi connectivity index (χ1) is 13.6. The van der Waals surface area contributed by atoms with Crippen LogP contribution in [0.1, 0.15) is 36.8 Å². The molecule has 2 amide bonds. The summed E-state index contributed by atoms with van der Waals surface area (Å²) in [5.41, 5.74) is 2.25. The van der Waals surface area contributed by atoms with E-state index in [9.17, 15) is 14.4 Å². The Bertz CT molecular complexity index is 1200.